The SMILES string of the molecule is CC.CN1CCN(c2ccc(NC(=O)c3ccc(-c4cn[nH]c4)o3)c(N3CCCCC3)c2)CC1. The normalized spacial score (nSPS) is 16.7. The second-order valence-corrected chi connectivity index (χ2v) is 8.64. The summed E-state index contributed by atoms with van der Waals surface area (Å²) in [4.78, 5) is 20.2. The number of likely N-dealkylation sites (N-methyl/N-ethyl adjacent to an activating group) is 1. The Morgan fingerprint density at radius 1 is 0.971 bits per heavy atom. The van der Waals surface area contributed by atoms with Crippen molar-refractivity contribution in [1.82, 2.24) is 15.1 Å². The number of piperazine rings is 1. The second kappa shape index (κ2) is 11.2. The van der Waals surface area contributed by atoms with Crippen LogP contribution < -0.4 is 15.1 Å². The smallest absolute Gasteiger partial charge is 0.291 e. The molecule has 2 saturated heterocycles. The number of amides is 1. The monoisotopic (exact) mass is 464 g/mol. The van der Waals surface area contributed by atoms with E-state index < -0.39 is 0 Å². The van der Waals surface area contributed by atoms with Crippen molar-refractivity contribution in [2.45, 2.75) is 33.1 Å². The van der Waals surface area contributed by atoms with Crippen molar-refractivity contribution in [1.29, 1.82) is 0 Å². The van der Waals surface area contributed by atoms with Crippen LogP contribution in [0.5, 0.6) is 0 Å². The van der Waals surface area contributed by atoms with E-state index in [9.17, 15) is 4.79 Å². The lowest BCUT2D eigenvalue weighted by Crippen LogP contribution is -2.44. The summed E-state index contributed by atoms with van der Waals surface area (Å²) >= 11 is 0. The summed E-state index contributed by atoms with van der Waals surface area (Å²) < 4.78 is 5.78. The van der Waals surface area contributed by atoms with Gasteiger partial charge in [-0.1, -0.05) is 13.8 Å². The molecule has 1 aromatic carbocycles. The molecule has 0 atom stereocenters. The lowest BCUT2D eigenvalue weighted by molar-refractivity contribution is 0.0997. The Balaban J connectivity index is 0.00000133. The summed E-state index contributed by atoms with van der Waals surface area (Å²) in [6.07, 6.45) is 7.04. The van der Waals surface area contributed by atoms with Gasteiger partial charge >= 0.3 is 0 Å². The van der Waals surface area contributed by atoms with Gasteiger partial charge in [-0.2, -0.15) is 5.10 Å². The molecule has 34 heavy (non-hydrogen) atoms. The maximum Gasteiger partial charge on any atom is 0.291 e. The molecule has 0 aliphatic carbocycles. The third-order valence-electron chi connectivity index (χ3n) is 6.41. The number of nitrogens with one attached hydrogen (secondary N) is 2. The first-order valence-corrected chi connectivity index (χ1v) is 12.4. The van der Waals surface area contributed by atoms with Gasteiger partial charge in [-0.05, 0) is 56.6 Å². The topological polar surface area (TPSA) is 80.6 Å². The van der Waals surface area contributed by atoms with Gasteiger partial charge in [-0.3, -0.25) is 9.89 Å². The molecule has 8 nitrogen and oxygen atoms in total. The molecule has 0 saturated carbocycles. The molecule has 0 spiro atoms. The largest absolute Gasteiger partial charge is 0.451 e. The highest BCUT2D eigenvalue weighted by Crippen LogP contribution is 2.34. The zero-order chi connectivity index (χ0) is 23.9. The summed E-state index contributed by atoms with van der Waals surface area (Å²) in [7, 11) is 2.17. The van der Waals surface area contributed by atoms with E-state index in [2.05, 4.69) is 49.4 Å². The Labute approximate surface area is 201 Å². The summed E-state index contributed by atoms with van der Waals surface area (Å²) in [6, 6.07) is 9.90. The molecular weight excluding hydrogens is 428 g/mol. The average molecular weight is 465 g/mol. The predicted molar refractivity (Wildman–Crippen MR) is 138 cm³/mol. The standard InChI is InChI=1S/C24H30N6O2.C2H6/c1-28-11-13-29(14-12-28)19-5-6-20(21(15-19)30-9-3-2-4-10-30)27-24(31)23-8-7-22(32-23)18-16-25-26-17-18;1-2/h5-8,15-17H,2-4,9-14H2,1H3,(H,25,26)(H,27,31);1-2H3. The summed E-state index contributed by atoms with van der Waals surface area (Å²) in [5.74, 6) is 0.657. The molecule has 1 amide bonds. The average Bonchev–Trinajstić information content (AvgIpc) is 3.59. The Morgan fingerprint density at radius 3 is 2.44 bits per heavy atom. The lowest BCUT2D eigenvalue weighted by atomic mass is 10.1. The number of carbonyl (C=O) groups excluding carboxylic acids is 1. The highest BCUT2D eigenvalue weighted by molar-refractivity contribution is 6.04. The number of piperidine rings is 1. The molecule has 2 N–H and O–H groups in total. The summed E-state index contributed by atoms with van der Waals surface area (Å²) in [5, 5.41) is 9.79. The predicted octanol–water partition coefficient (Wildman–Crippen LogP) is 4.69. The van der Waals surface area contributed by atoms with E-state index >= 15 is 0 Å². The van der Waals surface area contributed by atoms with Crippen molar-refractivity contribution in [3.8, 4) is 11.3 Å². The van der Waals surface area contributed by atoms with Crippen LogP contribution in [0.4, 0.5) is 17.1 Å². The Hall–Kier alpha value is -3.26. The summed E-state index contributed by atoms with van der Waals surface area (Å²) in [5.41, 5.74) is 3.96. The highest BCUT2D eigenvalue weighted by atomic mass is 16.3. The first kappa shape index (κ1) is 23.9. The minimum absolute atomic E-state index is 0.245. The van der Waals surface area contributed by atoms with Crippen LogP contribution in [0.15, 0.2) is 47.1 Å². The van der Waals surface area contributed by atoms with E-state index in [1.807, 2.05) is 19.9 Å². The van der Waals surface area contributed by atoms with Gasteiger partial charge in [0.2, 0.25) is 0 Å². The van der Waals surface area contributed by atoms with Crippen LogP contribution in [-0.2, 0) is 0 Å². The van der Waals surface area contributed by atoms with Crippen molar-refractivity contribution in [2.24, 2.45) is 0 Å². The van der Waals surface area contributed by atoms with E-state index in [1.54, 1.807) is 24.5 Å². The maximum absolute atomic E-state index is 13.0. The van der Waals surface area contributed by atoms with Crippen LogP contribution in [0.3, 0.4) is 0 Å². The molecule has 5 rings (SSSR count). The molecule has 0 bridgehead atoms. The van der Waals surface area contributed by atoms with Gasteiger partial charge in [0.05, 0.1) is 23.1 Å². The fraction of sp³-hybridized carbons (Fsp3) is 0.462. The van der Waals surface area contributed by atoms with E-state index in [0.29, 0.717) is 5.76 Å². The van der Waals surface area contributed by atoms with Crippen LogP contribution in [0.2, 0.25) is 0 Å². The molecule has 2 aliphatic rings. The second-order valence-electron chi connectivity index (χ2n) is 8.64. The number of furan rings is 1. The molecule has 4 heterocycles. The zero-order valence-corrected chi connectivity index (χ0v) is 20.5. The third kappa shape index (κ3) is 5.44. The molecule has 0 unspecified atom stereocenters. The highest BCUT2D eigenvalue weighted by Gasteiger charge is 2.21. The van der Waals surface area contributed by atoms with Gasteiger partial charge in [0, 0.05) is 51.2 Å². The number of benzene rings is 1. The van der Waals surface area contributed by atoms with Crippen molar-refractivity contribution < 1.29 is 9.21 Å². The number of carbonyl (C=O) groups is 1. The molecule has 182 valence electrons. The number of hydrogen-bond acceptors (Lipinski definition) is 6. The van der Waals surface area contributed by atoms with Crippen molar-refractivity contribution in [3.63, 3.8) is 0 Å². The number of H-pyrrole nitrogens is 1. The number of hydrogen-bond donors (Lipinski definition) is 2. The minimum atomic E-state index is -0.245. The van der Waals surface area contributed by atoms with Gasteiger partial charge in [0.25, 0.3) is 5.91 Å². The van der Waals surface area contributed by atoms with Crippen LogP contribution in [0.1, 0.15) is 43.7 Å². The number of anilines is 3. The van der Waals surface area contributed by atoms with Crippen LogP contribution in [0, 0.1) is 0 Å². The molecular formula is C26H36N6O2. The molecule has 2 fully saturated rings. The van der Waals surface area contributed by atoms with Gasteiger partial charge < -0.3 is 24.4 Å². The van der Waals surface area contributed by atoms with E-state index in [4.69, 9.17) is 4.42 Å². The molecule has 2 aliphatic heterocycles. The van der Waals surface area contributed by atoms with Crippen LogP contribution in [-0.4, -0.2) is 67.3 Å². The Kier molecular flexibility index (Phi) is 7.90. The maximum atomic E-state index is 13.0. The Bertz CT molecular complexity index is 1050. The van der Waals surface area contributed by atoms with E-state index in [1.165, 1.54) is 24.9 Å². The number of rotatable bonds is 5. The molecule has 3 aromatic rings. The lowest BCUT2D eigenvalue weighted by Gasteiger charge is -2.36. The van der Waals surface area contributed by atoms with Crippen LogP contribution >= 0.6 is 0 Å². The third-order valence-corrected chi connectivity index (χ3v) is 6.41. The van der Waals surface area contributed by atoms with Crippen molar-refractivity contribution in [3.05, 3.63) is 48.5 Å². The number of nitrogens with zero attached hydrogens (tertiary/aromatic N) is 4. The van der Waals surface area contributed by atoms with Crippen molar-refractivity contribution >= 4 is 23.0 Å². The van der Waals surface area contributed by atoms with Gasteiger partial charge in [0.1, 0.15) is 5.76 Å². The molecule has 8 heteroatoms. The van der Waals surface area contributed by atoms with Gasteiger partial charge in [0.15, 0.2) is 5.76 Å². The van der Waals surface area contributed by atoms with Crippen LogP contribution in [0.25, 0.3) is 11.3 Å². The number of aromatic amines is 1. The first-order valence-electron chi connectivity index (χ1n) is 12.4. The molecule has 0 radical (unpaired) electrons. The summed E-state index contributed by atoms with van der Waals surface area (Å²) in [6.45, 7) is 10.2. The molecule has 2 aromatic heterocycles. The van der Waals surface area contributed by atoms with Gasteiger partial charge in [-0.25, -0.2) is 0 Å². The quantitative estimate of drug-likeness (QED) is 0.570. The Morgan fingerprint density at radius 2 is 1.74 bits per heavy atom. The minimum Gasteiger partial charge on any atom is -0.451 e. The number of aromatic nitrogens is 2. The fourth-order valence-corrected chi connectivity index (χ4v) is 4.47. The fourth-order valence-electron chi connectivity index (χ4n) is 4.47. The van der Waals surface area contributed by atoms with Gasteiger partial charge in [-0.15, -0.1) is 0 Å². The van der Waals surface area contributed by atoms with E-state index in [-0.39, 0.29) is 11.7 Å². The van der Waals surface area contributed by atoms with E-state index in [0.717, 1.165) is 56.2 Å². The van der Waals surface area contributed by atoms with Crippen molar-refractivity contribution in [2.75, 3.05) is 61.4 Å². The first-order chi connectivity index (χ1) is 16.7. The zero-order valence-electron chi connectivity index (χ0n) is 20.5.